The van der Waals surface area contributed by atoms with E-state index in [1.165, 1.54) is 0 Å². The van der Waals surface area contributed by atoms with Crippen molar-refractivity contribution in [1.82, 2.24) is 9.88 Å². The highest BCUT2D eigenvalue weighted by molar-refractivity contribution is 7.89. The average molecular weight is 363 g/mol. The molecule has 1 aliphatic rings. The fourth-order valence-electron chi connectivity index (χ4n) is 3.09. The van der Waals surface area contributed by atoms with Gasteiger partial charge in [0.15, 0.2) is 0 Å². The van der Waals surface area contributed by atoms with E-state index in [2.05, 4.69) is 4.98 Å². The summed E-state index contributed by atoms with van der Waals surface area (Å²) in [6.07, 6.45) is 5.83. The van der Waals surface area contributed by atoms with Crippen molar-refractivity contribution in [3.8, 4) is 0 Å². The molecule has 2 N–H and O–H groups in total. The van der Waals surface area contributed by atoms with Gasteiger partial charge in [0.25, 0.3) is 5.91 Å². The van der Waals surface area contributed by atoms with Crippen molar-refractivity contribution in [1.29, 1.82) is 0 Å². The van der Waals surface area contributed by atoms with Crippen molar-refractivity contribution in [2.75, 3.05) is 6.54 Å². The number of hydrogen-bond donors (Lipinski definition) is 1. The number of primary sulfonamides is 1. The number of halogens is 1. The molecule has 0 saturated carbocycles. The van der Waals surface area contributed by atoms with Crippen LogP contribution in [0.3, 0.4) is 0 Å². The maximum Gasteiger partial charge on any atom is 0.257 e. The predicted octanol–water partition coefficient (Wildman–Crippen LogP) is 2.24. The second-order valence-electron chi connectivity index (χ2n) is 5.98. The molecule has 3 rings (SSSR count). The number of nitrogens with two attached hydrogens (primary N) is 1. The number of hydrogen-bond acceptors (Lipinski definition) is 4. The molecule has 0 unspecified atom stereocenters. The standard InChI is InChI=1S/C17H18FN3O3S/c18-15-7-6-13(25(19,23)24)10-14(15)17(22)21-9-2-1-5-16(21)12-4-3-8-20-11-12/h3-4,6-8,10-11,16H,1-2,5,9H2,(H2,19,23,24)/t16-/m0/s1. The van der Waals surface area contributed by atoms with Gasteiger partial charge in [-0.2, -0.15) is 0 Å². The molecule has 2 heterocycles. The molecule has 0 radical (unpaired) electrons. The first kappa shape index (κ1) is 17.5. The van der Waals surface area contributed by atoms with Crippen LogP contribution in [-0.2, 0) is 10.0 Å². The fraction of sp³-hybridized carbons (Fsp3) is 0.294. The molecule has 1 aliphatic heterocycles. The quantitative estimate of drug-likeness (QED) is 0.905. The lowest BCUT2D eigenvalue weighted by Gasteiger charge is -2.36. The van der Waals surface area contributed by atoms with E-state index in [0.29, 0.717) is 6.54 Å². The molecule has 0 aliphatic carbocycles. The number of amides is 1. The van der Waals surface area contributed by atoms with Gasteiger partial charge >= 0.3 is 0 Å². The minimum absolute atomic E-state index is 0.215. The minimum atomic E-state index is -4.02. The Kier molecular flexibility index (Phi) is 4.82. The van der Waals surface area contributed by atoms with Crippen LogP contribution < -0.4 is 5.14 Å². The van der Waals surface area contributed by atoms with Gasteiger partial charge in [-0.15, -0.1) is 0 Å². The summed E-state index contributed by atoms with van der Waals surface area (Å²) < 4.78 is 37.2. The van der Waals surface area contributed by atoms with E-state index in [1.54, 1.807) is 23.4 Å². The van der Waals surface area contributed by atoms with Gasteiger partial charge in [0.05, 0.1) is 16.5 Å². The third-order valence-corrected chi connectivity index (χ3v) is 5.24. The van der Waals surface area contributed by atoms with Gasteiger partial charge in [-0.25, -0.2) is 17.9 Å². The lowest BCUT2D eigenvalue weighted by atomic mass is 9.95. The number of aromatic nitrogens is 1. The van der Waals surface area contributed by atoms with Crippen molar-refractivity contribution >= 4 is 15.9 Å². The van der Waals surface area contributed by atoms with Gasteiger partial charge in [0.1, 0.15) is 5.82 Å². The number of rotatable bonds is 3. The largest absolute Gasteiger partial charge is 0.331 e. The highest BCUT2D eigenvalue weighted by atomic mass is 32.2. The molecule has 8 heteroatoms. The van der Waals surface area contributed by atoms with Gasteiger partial charge in [-0.3, -0.25) is 9.78 Å². The van der Waals surface area contributed by atoms with Crippen LogP contribution in [0, 0.1) is 5.82 Å². The van der Waals surface area contributed by atoms with Crippen LogP contribution in [-0.4, -0.2) is 30.8 Å². The van der Waals surface area contributed by atoms with E-state index in [4.69, 9.17) is 5.14 Å². The first-order valence-corrected chi connectivity index (χ1v) is 9.46. The first-order chi connectivity index (χ1) is 11.9. The number of likely N-dealkylation sites (tertiary alicyclic amines) is 1. The monoisotopic (exact) mass is 363 g/mol. The van der Waals surface area contributed by atoms with E-state index in [1.807, 2.05) is 6.07 Å². The summed E-state index contributed by atoms with van der Waals surface area (Å²) in [5, 5.41) is 5.09. The SMILES string of the molecule is NS(=O)(=O)c1ccc(F)c(C(=O)N2CCCC[C@H]2c2cccnc2)c1. The van der Waals surface area contributed by atoms with Gasteiger partial charge in [-0.1, -0.05) is 6.07 Å². The normalized spacial score (nSPS) is 18.2. The number of nitrogens with zero attached hydrogens (tertiary/aromatic N) is 2. The van der Waals surface area contributed by atoms with E-state index in [-0.39, 0.29) is 16.5 Å². The molecule has 0 bridgehead atoms. The molecule has 2 aromatic rings. The molecule has 1 saturated heterocycles. The maximum atomic E-state index is 14.2. The fourth-order valence-corrected chi connectivity index (χ4v) is 3.63. The van der Waals surface area contributed by atoms with E-state index in [9.17, 15) is 17.6 Å². The lowest BCUT2D eigenvalue weighted by Crippen LogP contribution is -2.39. The van der Waals surface area contributed by atoms with Crippen LogP contribution >= 0.6 is 0 Å². The summed E-state index contributed by atoms with van der Waals surface area (Å²) in [4.78, 5) is 18.3. The van der Waals surface area contributed by atoms with Crippen LogP contribution in [0.25, 0.3) is 0 Å². The molecule has 1 aromatic heterocycles. The molecule has 1 amide bonds. The third kappa shape index (κ3) is 3.69. The third-order valence-electron chi connectivity index (χ3n) is 4.33. The van der Waals surface area contributed by atoms with Gasteiger partial charge in [0, 0.05) is 18.9 Å². The van der Waals surface area contributed by atoms with Crippen LogP contribution in [0.15, 0.2) is 47.6 Å². The Hall–Kier alpha value is -2.32. The van der Waals surface area contributed by atoms with Gasteiger partial charge in [0.2, 0.25) is 10.0 Å². The summed E-state index contributed by atoms with van der Waals surface area (Å²) in [5.74, 6) is -1.32. The second kappa shape index (κ2) is 6.89. The number of sulfonamides is 1. The lowest BCUT2D eigenvalue weighted by molar-refractivity contribution is 0.0606. The highest BCUT2D eigenvalue weighted by Gasteiger charge is 2.30. The molecule has 1 fully saturated rings. The summed E-state index contributed by atoms with van der Waals surface area (Å²) in [6, 6.07) is 6.45. The number of piperidine rings is 1. The molecule has 1 aromatic carbocycles. The molecule has 132 valence electrons. The van der Waals surface area contributed by atoms with Crippen LogP contribution in [0.2, 0.25) is 0 Å². The zero-order valence-electron chi connectivity index (χ0n) is 13.4. The Bertz CT molecular complexity index is 887. The van der Waals surface area contributed by atoms with Crippen molar-refractivity contribution < 1.29 is 17.6 Å². The summed E-state index contributed by atoms with van der Waals surface area (Å²) in [7, 11) is -4.02. The van der Waals surface area contributed by atoms with Gasteiger partial charge in [-0.05, 0) is 49.1 Å². The van der Waals surface area contributed by atoms with Gasteiger partial charge < -0.3 is 4.90 Å². The maximum absolute atomic E-state index is 14.2. The number of carbonyl (C=O) groups excluding carboxylic acids is 1. The minimum Gasteiger partial charge on any atom is -0.331 e. The summed E-state index contributed by atoms with van der Waals surface area (Å²) in [6.45, 7) is 0.470. The topological polar surface area (TPSA) is 93.4 Å². The van der Waals surface area contributed by atoms with Crippen LogP contribution in [0.5, 0.6) is 0 Å². The Labute approximate surface area is 145 Å². The molecule has 0 spiro atoms. The molecule has 25 heavy (non-hydrogen) atoms. The Morgan fingerprint density at radius 1 is 1.28 bits per heavy atom. The smallest absolute Gasteiger partial charge is 0.257 e. The summed E-state index contributed by atoms with van der Waals surface area (Å²) >= 11 is 0. The van der Waals surface area contributed by atoms with Crippen LogP contribution in [0.1, 0.15) is 41.2 Å². The Morgan fingerprint density at radius 3 is 2.76 bits per heavy atom. The number of benzene rings is 1. The molecule has 1 atom stereocenters. The second-order valence-corrected chi connectivity index (χ2v) is 7.54. The highest BCUT2D eigenvalue weighted by Crippen LogP contribution is 2.32. The Balaban J connectivity index is 1.98. The van der Waals surface area contributed by atoms with Crippen molar-refractivity contribution in [3.05, 3.63) is 59.7 Å². The van der Waals surface area contributed by atoms with Crippen molar-refractivity contribution in [2.24, 2.45) is 5.14 Å². The average Bonchev–Trinajstić information content (AvgIpc) is 2.61. The van der Waals surface area contributed by atoms with Crippen molar-refractivity contribution in [3.63, 3.8) is 0 Å². The zero-order chi connectivity index (χ0) is 18.0. The Morgan fingerprint density at radius 2 is 2.08 bits per heavy atom. The molecule has 6 nitrogen and oxygen atoms in total. The molecular weight excluding hydrogens is 345 g/mol. The van der Waals surface area contributed by atoms with Crippen LogP contribution in [0.4, 0.5) is 4.39 Å². The summed E-state index contributed by atoms with van der Waals surface area (Å²) in [5.41, 5.74) is 0.584. The first-order valence-electron chi connectivity index (χ1n) is 7.91. The van der Waals surface area contributed by atoms with E-state index >= 15 is 0 Å². The molecular formula is C17H18FN3O3S. The van der Waals surface area contributed by atoms with E-state index in [0.717, 1.165) is 43.0 Å². The zero-order valence-corrected chi connectivity index (χ0v) is 14.2. The number of pyridine rings is 1. The number of carbonyl (C=O) groups is 1. The predicted molar refractivity (Wildman–Crippen MR) is 89.6 cm³/mol. The van der Waals surface area contributed by atoms with Crippen molar-refractivity contribution in [2.45, 2.75) is 30.2 Å². The van der Waals surface area contributed by atoms with E-state index < -0.39 is 21.7 Å².